The topological polar surface area (TPSA) is 33.3 Å². The minimum Gasteiger partial charge on any atom is -0.379 e. The fourth-order valence-electron chi connectivity index (χ4n) is 1.92. The number of benzene rings is 1. The van der Waals surface area contributed by atoms with Crippen molar-refractivity contribution >= 4 is 11.6 Å². The molecule has 0 aliphatic carbocycles. The fourth-order valence-corrected chi connectivity index (χ4v) is 2.04. The summed E-state index contributed by atoms with van der Waals surface area (Å²) in [5.74, 6) is 0. The van der Waals surface area contributed by atoms with Gasteiger partial charge in [0.15, 0.2) is 0 Å². The molecule has 1 fully saturated rings. The number of hydrogen-bond donors (Lipinski definition) is 2. The molecule has 1 aliphatic rings. The second kappa shape index (κ2) is 6.97. The Morgan fingerprint density at radius 1 is 1.35 bits per heavy atom. The minimum atomic E-state index is 0.501. The van der Waals surface area contributed by atoms with E-state index in [1.807, 2.05) is 12.1 Å². The third-order valence-corrected chi connectivity index (χ3v) is 3.16. The summed E-state index contributed by atoms with van der Waals surface area (Å²) in [4.78, 5) is 0. The van der Waals surface area contributed by atoms with Crippen molar-refractivity contribution in [2.24, 2.45) is 0 Å². The number of halogens is 1. The van der Waals surface area contributed by atoms with Gasteiger partial charge in [-0.25, -0.2) is 0 Å². The lowest BCUT2D eigenvalue weighted by molar-refractivity contribution is 0.0742. The molecular formula is C13H19ClN2O. The molecule has 4 heteroatoms. The highest BCUT2D eigenvalue weighted by Gasteiger charge is 2.11. The van der Waals surface area contributed by atoms with Gasteiger partial charge in [0.2, 0.25) is 0 Å². The van der Waals surface area contributed by atoms with Crippen LogP contribution in [0.25, 0.3) is 0 Å². The van der Waals surface area contributed by atoms with E-state index in [0.717, 1.165) is 44.3 Å². The summed E-state index contributed by atoms with van der Waals surface area (Å²) in [6.45, 7) is 4.55. The molecule has 3 nitrogen and oxygen atoms in total. The average Bonchev–Trinajstić information content (AvgIpc) is 2.38. The third kappa shape index (κ3) is 4.64. The van der Waals surface area contributed by atoms with Gasteiger partial charge in [0.05, 0.1) is 13.2 Å². The van der Waals surface area contributed by atoms with E-state index in [1.165, 1.54) is 5.56 Å². The predicted octanol–water partition coefficient (Wildman–Crippen LogP) is 1.81. The van der Waals surface area contributed by atoms with Crippen LogP contribution in [0.4, 0.5) is 0 Å². The molecule has 0 amide bonds. The van der Waals surface area contributed by atoms with E-state index in [9.17, 15) is 0 Å². The van der Waals surface area contributed by atoms with Crippen molar-refractivity contribution in [2.75, 3.05) is 26.3 Å². The highest BCUT2D eigenvalue weighted by Crippen LogP contribution is 2.09. The van der Waals surface area contributed by atoms with Crippen LogP contribution in [0.1, 0.15) is 12.0 Å². The molecule has 1 atom stereocenters. The highest BCUT2D eigenvalue weighted by molar-refractivity contribution is 6.30. The zero-order valence-electron chi connectivity index (χ0n) is 9.92. The maximum atomic E-state index is 5.83. The molecule has 0 saturated carbocycles. The van der Waals surface area contributed by atoms with Crippen molar-refractivity contribution in [3.8, 4) is 0 Å². The number of hydrogen-bond acceptors (Lipinski definition) is 3. The van der Waals surface area contributed by atoms with Crippen molar-refractivity contribution in [3.63, 3.8) is 0 Å². The first-order valence-electron chi connectivity index (χ1n) is 6.11. The molecule has 1 unspecified atom stereocenters. The lowest BCUT2D eigenvalue weighted by atomic mass is 10.2. The summed E-state index contributed by atoms with van der Waals surface area (Å²) in [6.07, 6.45) is 1.10. The van der Waals surface area contributed by atoms with Crippen LogP contribution in [0.5, 0.6) is 0 Å². The molecule has 0 aromatic heterocycles. The van der Waals surface area contributed by atoms with Crippen LogP contribution in [-0.4, -0.2) is 32.3 Å². The van der Waals surface area contributed by atoms with E-state index in [1.54, 1.807) is 0 Å². The van der Waals surface area contributed by atoms with Gasteiger partial charge in [-0.2, -0.15) is 0 Å². The van der Waals surface area contributed by atoms with E-state index in [2.05, 4.69) is 22.8 Å². The Morgan fingerprint density at radius 3 is 2.88 bits per heavy atom. The maximum absolute atomic E-state index is 5.83. The van der Waals surface area contributed by atoms with E-state index in [4.69, 9.17) is 16.3 Å². The molecule has 2 N–H and O–H groups in total. The molecule has 94 valence electrons. The standard InChI is InChI=1S/C13H19ClN2O/c14-12-3-1-11(2-4-12)9-15-6-5-13-10-17-8-7-16-13/h1-4,13,15-16H,5-10H2. The number of rotatable bonds is 5. The second-order valence-electron chi connectivity index (χ2n) is 4.32. The van der Waals surface area contributed by atoms with Crippen LogP contribution < -0.4 is 10.6 Å². The van der Waals surface area contributed by atoms with Gasteiger partial charge in [-0.1, -0.05) is 23.7 Å². The van der Waals surface area contributed by atoms with Crippen LogP contribution in [0.2, 0.25) is 5.02 Å². The summed E-state index contributed by atoms with van der Waals surface area (Å²) in [6, 6.07) is 8.46. The van der Waals surface area contributed by atoms with Crippen molar-refractivity contribution < 1.29 is 4.74 Å². The first-order valence-corrected chi connectivity index (χ1v) is 6.49. The molecule has 0 bridgehead atoms. The van der Waals surface area contributed by atoms with Gasteiger partial charge in [0.1, 0.15) is 0 Å². The van der Waals surface area contributed by atoms with Crippen LogP contribution in [0.3, 0.4) is 0 Å². The Hall–Kier alpha value is -0.610. The third-order valence-electron chi connectivity index (χ3n) is 2.91. The molecule has 1 aromatic rings. The van der Waals surface area contributed by atoms with Crippen molar-refractivity contribution in [3.05, 3.63) is 34.9 Å². The minimum absolute atomic E-state index is 0.501. The molecule has 1 aliphatic heterocycles. The number of ether oxygens (including phenoxy) is 1. The van der Waals surface area contributed by atoms with Crippen molar-refractivity contribution in [2.45, 2.75) is 19.0 Å². The zero-order chi connectivity index (χ0) is 11.9. The van der Waals surface area contributed by atoms with Crippen molar-refractivity contribution in [1.29, 1.82) is 0 Å². The van der Waals surface area contributed by atoms with Crippen LogP contribution >= 0.6 is 11.6 Å². The molecular weight excluding hydrogens is 236 g/mol. The first-order chi connectivity index (χ1) is 8.34. The second-order valence-corrected chi connectivity index (χ2v) is 4.75. The Morgan fingerprint density at radius 2 is 2.18 bits per heavy atom. The Balaban J connectivity index is 1.60. The molecule has 1 heterocycles. The van der Waals surface area contributed by atoms with E-state index in [-0.39, 0.29) is 0 Å². The Kier molecular flexibility index (Phi) is 5.26. The smallest absolute Gasteiger partial charge is 0.0620 e. The molecule has 0 radical (unpaired) electrons. The highest BCUT2D eigenvalue weighted by atomic mass is 35.5. The quantitative estimate of drug-likeness (QED) is 0.787. The lowest BCUT2D eigenvalue weighted by Gasteiger charge is -2.23. The van der Waals surface area contributed by atoms with Crippen LogP contribution in [-0.2, 0) is 11.3 Å². The van der Waals surface area contributed by atoms with Crippen LogP contribution in [0, 0.1) is 0 Å². The average molecular weight is 255 g/mol. The summed E-state index contributed by atoms with van der Waals surface area (Å²) in [5, 5.41) is 7.66. The predicted molar refractivity (Wildman–Crippen MR) is 70.4 cm³/mol. The molecule has 2 rings (SSSR count). The summed E-state index contributed by atoms with van der Waals surface area (Å²) in [7, 11) is 0. The first kappa shape index (κ1) is 12.8. The molecule has 1 saturated heterocycles. The van der Waals surface area contributed by atoms with Crippen LogP contribution in [0.15, 0.2) is 24.3 Å². The van der Waals surface area contributed by atoms with Gasteiger partial charge in [0.25, 0.3) is 0 Å². The van der Waals surface area contributed by atoms with Gasteiger partial charge in [-0.15, -0.1) is 0 Å². The largest absolute Gasteiger partial charge is 0.379 e. The van der Waals surface area contributed by atoms with Gasteiger partial charge < -0.3 is 15.4 Å². The number of nitrogens with one attached hydrogen (secondary N) is 2. The fraction of sp³-hybridized carbons (Fsp3) is 0.538. The Labute approximate surface area is 107 Å². The summed E-state index contributed by atoms with van der Waals surface area (Å²) < 4.78 is 5.41. The zero-order valence-corrected chi connectivity index (χ0v) is 10.7. The molecule has 17 heavy (non-hydrogen) atoms. The van der Waals surface area contributed by atoms with Gasteiger partial charge in [0, 0.05) is 24.2 Å². The van der Waals surface area contributed by atoms with Gasteiger partial charge in [-0.05, 0) is 30.7 Å². The van der Waals surface area contributed by atoms with Gasteiger partial charge >= 0.3 is 0 Å². The summed E-state index contributed by atoms with van der Waals surface area (Å²) >= 11 is 5.83. The lowest BCUT2D eigenvalue weighted by Crippen LogP contribution is -2.42. The number of morpholine rings is 1. The molecule has 0 spiro atoms. The monoisotopic (exact) mass is 254 g/mol. The normalized spacial score (nSPS) is 20.4. The van der Waals surface area contributed by atoms with Gasteiger partial charge in [-0.3, -0.25) is 0 Å². The van der Waals surface area contributed by atoms with E-state index in [0.29, 0.717) is 6.04 Å². The van der Waals surface area contributed by atoms with E-state index >= 15 is 0 Å². The SMILES string of the molecule is Clc1ccc(CNCCC2COCCN2)cc1. The Bertz CT molecular complexity index is 323. The summed E-state index contributed by atoms with van der Waals surface area (Å²) in [5.41, 5.74) is 1.27. The maximum Gasteiger partial charge on any atom is 0.0620 e. The van der Waals surface area contributed by atoms with E-state index < -0.39 is 0 Å². The molecule has 1 aromatic carbocycles. The van der Waals surface area contributed by atoms with Crippen molar-refractivity contribution in [1.82, 2.24) is 10.6 Å².